The molecule has 1 amide bonds. The van der Waals surface area contributed by atoms with Gasteiger partial charge in [0, 0.05) is 30.2 Å². The summed E-state index contributed by atoms with van der Waals surface area (Å²) in [5.41, 5.74) is 2.43. The van der Waals surface area contributed by atoms with Gasteiger partial charge >= 0.3 is 0 Å². The second kappa shape index (κ2) is 9.75. The molecular formula is C24H32ClN3O. The van der Waals surface area contributed by atoms with E-state index in [2.05, 4.69) is 59.5 Å². The summed E-state index contributed by atoms with van der Waals surface area (Å²) in [5, 5.41) is 3.91. The lowest BCUT2D eigenvalue weighted by atomic mass is 9.79. The average Bonchev–Trinajstić information content (AvgIpc) is 2.73. The summed E-state index contributed by atoms with van der Waals surface area (Å²) in [7, 11) is 6.20. The number of carbonyl (C=O) groups is 1. The maximum Gasteiger partial charge on any atom is 0.227 e. The number of nitrogens with zero attached hydrogens (tertiary/aromatic N) is 2. The van der Waals surface area contributed by atoms with Gasteiger partial charge < -0.3 is 10.2 Å². The number of halogens is 1. The summed E-state index contributed by atoms with van der Waals surface area (Å²) >= 11 is 6.14. The number of hydrogen-bond donors (Lipinski definition) is 1. The second-order valence-corrected chi connectivity index (χ2v) is 8.64. The Bertz CT molecular complexity index is 801. The standard InChI is InChI=1S/C24H32ClN3O/c1-26-18-20(16-19-8-7-11-22(25)17-19)23(29)28-14-12-24(13-15-28,27(2)3)21-9-5-4-6-10-21/h4-11,17,20,26H,12-16,18H2,1-3H3/t20-/m0/s1. The van der Waals surface area contributed by atoms with Gasteiger partial charge in [0.25, 0.3) is 0 Å². The van der Waals surface area contributed by atoms with Crippen LogP contribution in [-0.2, 0) is 16.8 Å². The van der Waals surface area contributed by atoms with Crippen molar-refractivity contribution in [1.29, 1.82) is 0 Å². The van der Waals surface area contributed by atoms with E-state index in [1.165, 1.54) is 5.56 Å². The first-order chi connectivity index (χ1) is 14.0. The van der Waals surface area contributed by atoms with Crippen LogP contribution in [0.1, 0.15) is 24.0 Å². The second-order valence-electron chi connectivity index (χ2n) is 8.21. The summed E-state index contributed by atoms with van der Waals surface area (Å²) in [6.45, 7) is 2.22. The molecule has 5 heteroatoms. The Morgan fingerprint density at radius 3 is 2.41 bits per heavy atom. The van der Waals surface area contributed by atoms with Crippen molar-refractivity contribution in [3.8, 4) is 0 Å². The molecule has 1 fully saturated rings. The average molecular weight is 414 g/mol. The molecule has 156 valence electrons. The van der Waals surface area contributed by atoms with Gasteiger partial charge in [-0.25, -0.2) is 0 Å². The quantitative estimate of drug-likeness (QED) is 0.749. The highest BCUT2D eigenvalue weighted by molar-refractivity contribution is 6.30. The van der Waals surface area contributed by atoms with Crippen molar-refractivity contribution < 1.29 is 4.79 Å². The van der Waals surface area contributed by atoms with E-state index in [9.17, 15) is 4.79 Å². The summed E-state index contributed by atoms with van der Waals surface area (Å²) < 4.78 is 0. The van der Waals surface area contributed by atoms with Crippen molar-refractivity contribution in [2.45, 2.75) is 24.8 Å². The van der Waals surface area contributed by atoms with Crippen LogP contribution in [0, 0.1) is 5.92 Å². The van der Waals surface area contributed by atoms with E-state index in [1.807, 2.05) is 31.3 Å². The minimum Gasteiger partial charge on any atom is -0.342 e. The molecule has 2 aromatic rings. The number of amides is 1. The van der Waals surface area contributed by atoms with Gasteiger partial charge in [0.1, 0.15) is 0 Å². The molecule has 3 rings (SSSR count). The lowest BCUT2D eigenvalue weighted by Gasteiger charge is -2.47. The zero-order valence-corrected chi connectivity index (χ0v) is 18.5. The summed E-state index contributed by atoms with van der Waals surface area (Å²) in [5.74, 6) is 0.154. The normalized spacial score (nSPS) is 17.3. The molecule has 1 saturated heterocycles. The van der Waals surface area contributed by atoms with Crippen LogP contribution in [0.4, 0.5) is 0 Å². The first kappa shape index (κ1) is 21.8. The molecule has 4 nitrogen and oxygen atoms in total. The number of rotatable bonds is 7. The fourth-order valence-electron chi connectivity index (χ4n) is 4.54. The van der Waals surface area contributed by atoms with Crippen LogP contribution >= 0.6 is 11.6 Å². The Morgan fingerprint density at radius 2 is 1.83 bits per heavy atom. The third-order valence-electron chi connectivity index (χ3n) is 6.24. The Labute approximate surface area is 179 Å². The molecule has 0 bridgehead atoms. The Balaban J connectivity index is 1.71. The Morgan fingerprint density at radius 1 is 1.14 bits per heavy atom. The number of benzene rings is 2. The minimum atomic E-state index is -0.0814. The SMILES string of the molecule is CNC[C@H](Cc1cccc(Cl)c1)C(=O)N1CCC(c2ccccc2)(N(C)C)CC1. The largest absolute Gasteiger partial charge is 0.342 e. The third kappa shape index (κ3) is 5.00. The minimum absolute atomic E-state index is 0.0104. The zero-order valence-electron chi connectivity index (χ0n) is 17.7. The van der Waals surface area contributed by atoms with Gasteiger partial charge in [-0.15, -0.1) is 0 Å². The van der Waals surface area contributed by atoms with Gasteiger partial charge in [-0.05, 0) is 63.7 Å². The summed E-state index contributed by atoms with van der Waals surface area (Å²) in [6, 6.07) is 18.5. The molecule has 0 spiro atoms. The van der Waals surface area contributed by atoms with Gasteiger partial charge in [-0.1, -0.05) is 54.1 Å². The van der Waals surface area contributed by atoms with E-state index in [0.29, 0.717) is 13.0 Å². The highest BCUT2D eigenvalue weighted by Gasteiger charge is 2.40. The van der Waals surface area contributed by atoms with Crippen LogP contribution in [0.25, 0.3) is 0 Å². The first-order valence-corrected chi connectivity index (χ1v) is 10.7. The topological polar surface area (TPSA) is 35.6 Å². The summed E-state index contributed by atoms with van der Waals surface area (Å²) in [6.07, 6.45) is 2.59. The monoisotopic (exact) mass is 413 g/mol. The molecule has 1 heterocycles. The van der Waals surface area contributed by atoms with Gasteiger partial charge in [0.2, 0.25) is 5.91 Å². The van der Waals surface area contributed by atoms with Crippen LogP contribution < -0.4 is 5.32 Å². The zero-order chi connectivity index (χ0) is 20.9. The van der Waals surface area contributed by atoms with E-state index in [4.69, 9.17) is 11.6 Å². The fraction of sp³-hybridized carbons (Fsp3) is 0.458. The van der Waals surface area contributed by atoms with Crippen molar-refractivity contribution in [3.63, 3.8) is 0 Å². The molecule has 0 radical (unpaired) electrons. The number of carbonyl (C=O) groups excluding carboxylic acids is 1. The molecule has 0 saturated carbocycles. The number of hydrogen-bond acceptors (Lipinski definition) is 3. The molecule has 0 unspecified atom stereocenters. The predicted octanol–water partition coefficient (Wildman–Crippen LogP) is 3.80. The Hall–Kier alpha value is -1.88. The van der Waals surface area contributed by atoms with Crippen molar-refractivity contribution in [3.05, 3.63) is 70.7 Å². The molecular weight excluding hydrogens is 382 g/mol. The van der Waals surface area contributed by atoms with Crippen molar-refractivity contribution in [2.24, 2.45) is 5.92 Å². The van der Waals surface area contributed by atoms with Crippen LogP contribution in [0.15, 0.2) is 54.6 Å². The van der Waals surface area contributed by atoms with Gasteiger partial charge in [0.05, 0.1) is 5.92 Å². The lowest BCUT2D eigenvalue weighted by molar-refractivity contribution is -0.138. The van der Waals surface area contributed by atoms with Crippen LogP contribution in [0.3, 0.4) is 0 Å². The Kier molecular flexibility index (Phi) is 7.33. The molecule has 1 atom stereocenters. The third-order valence-corrected chi connectivity index (χ3v) is 6.48. The predicted molar refractivity (Wildman–Crippen MR) is 120 cm³/mol. The van der Waals surface area contributed by atoms with Crippen molar-refractivity contribution in [1.82, 2.24) is 15.1 Å². The highest BCUT2D eigenvalue weighted by Crippen LogP contribution is 2.37. The molecule has 29 heavy (non-hydrogen) atoms. The van der Waals surface area contributed by atoms with Crippen molar-refractivity contribution >= 4 is 17.5 Å². The molecule has 1 N–H and O–H groups in total. The van der Waals surface area contributed by atoms with Crippen LogP contribution in [-0.4, -0.2) is 56.5 Å². The van der Waals surface area contributed by atoms with E-state index in [-0.39, 0.29) is 17.4 Å². The van der Waals surface area contributed by atoms with Crippen LogP contribution in [0.2, 0.25) is 5.02 Å². The van der Waals surface area contributed by atoms with E-state index in [1.54, 1.807) is 0 Å². The maximum atomic E-state index is 13.3. The smallest absolute Gasteiger partial charge is 0.227 e. The fourth-order valence-corrected chi connectivity index (χ4v) is 4.75. The highest BCUT2D eigenvalue weighted by atomic mass is 35.5. The maximum absolute atomic E-state index is 13.3. The number of likely N-dealkylation sites (tertiary alicyclic amines) is 1. The first-order valence-electron chi connectivity index (χ1n) is 10.4. The molecule has 0 aliphatic carbocycles. The number of piperidine rings is 1. The summed E-state index contributed by atoms with van der Waals surface area (Å²) in [4.78, 5) is 17.7. The lowest BCUT2D eigenvalue weighted by Crippen LogP contribution is -2.53. The molecule has 1 aliphatic heterocycles. The van der Waals surface area contributed by atoms with E-state index >= 15 is 0 Å². The van der Waals surface area contributed by atoms with Crippen molar-refractivity contribution in [2.75, 3.05) is 40.8 Å². The van der Waals surface area contributed by atoms with Crippen LogP contribution in [0.5, 0.6) is 0 Å². The molecule has 1 aliphatic rings. The van der Waals surface area contributed by atoms with Gasteiger partial charge in [-0.3, -0.25) is 9.69 Å². The molecule has 0 aromatic heterocycles. The van der Waals surface area contributed by atoms with Gasteiger partial charge in [0.15, 0.2) is 0 Å². The number of nitrogens with one attached hydrogen (secondary N) is 1. The van der Waals surface area contributed by atoms with E-state index < -0.39 is 0 Å². The molecule has 2 aromatic carbocycles. The van der Waals surface area contributed by atoms with Gasteiger partial charge in [-0.2, -0.15) is 0 Å². The van der Waals surface area contributed by atoms with E-state index in [0.717, 1.165) is 36.5 Å².